The molecule has 1 N–H and O–H groups in total. The highest BCUT2D eigenvalue weighted by Crippen LogP contribution is 2.35. The third kappa shape index (κ3) is 4.88. The van der Waals surface area contributed by atoms with Crippen LogP contribution in [-0.2, 0) is 11.2 Å². The van der Waals surface area contributed by atoms with Gasteiger partial charge in [0.2, 0.25) is 5.95 Å². The second-order valence-corrected chi connectivity index (χ2v) is 7.95. The van der Waals surface area contributed by atoms with Crippen LogP contribution in [0, 0.1) is 0 Å². The minimum absolute atomic E-state index is 0.617. The van der Waals surface area contributed by atoms with Gasteiger partial charge in [-0.3, -0.25) is 4.98 Å². The van der Waals surface area contributed by atoms with E-state index in [0.29, 0.717) is 5.95 Å². The number of hydrogen-bond donors (Lipinski definition) is 1. The molecule has 1 aliphatic rings. The van der Waals surface area contributed by atoms with E-state index in [1.807, 2.05) is 36.5 Å². The average Bonchev–Trinajstić information content (AvgIpc) is 2.89. The number of anilines is 2. The van der Waals surface area contributed by atoms with Crippen molar-refractivity contribution in [3.05, 3.63) is 72.7 Å². The molecule has 0 unspecified atom stereocenters. The van der Waals surface area contributed by atoms with Gasteiger partial charge in [0.25, 0.3) is 0 Å². The monoisotopic (exact) mass is 441 g/mol. The zero-order valence-electron chi connectivity index (χ0n) is 18.7. The van der Waals surface area contributed by atoms with Gasteiger partial charge in [0, 0.05) is 60.8 Å². The molecular formula is C26H27N5O2. The number of nitrogens with zero attached hydrogens (tertiary/aromatic N) is 4. The fraction of sp³-hybridized carbons (Fsp3) is 0.269. The number of benzene rings is 2. The molecule has 7 heteroatoms. The van der Waals surface area contributed by atoms with Crippen LogP contribution in [0.3, 0.4) is 0 Å². The summed E-state index contributed by atoms with van der Waals surface area (Å²) in [5.74, 6) is 1.47. The predicted molar refractivity (Wildman–Crippen MR) is 131 cm³/mol. The summed E-state index contributed by atoms with van der Waals surface area (Å²) in [6.45, 7) is 3.90. The van der Waals surface area contributed by atoms with E-state index in [1.165, 1.54) is 11.1 Å². The standard InChI is InChI=1S/C26H27N5O2/c1-32-22-6-5-19-16-20(17-25(23(19)18-22)31-12-14-33-15-13-31)24-8-11-29-26(30-24)28-10-7-21-4-2-3-9-27-21/h2-6,8-9,11,16-18H,7,10,12-15H2,1H3,(H,28,29,30). The summed E-state index contributed by atoms with van der Waals surface area (Å²) in [4.78, 5) is 15.9. The normalized spacial score (nSPS) is 13.8. The van der Waals surface area contributed by atoms with Crippen LogP contribution in [0.2, 0.25) is 0 Å². The number of nitrogens with one attached hydrogen (secondary N) is 1. The van der Waals surface area contributed by atoms with Crippen molar-refractivity contribution in [1.82, 2.24) is 15.0 Å². The van der Waals surface area contributed by atoms with Crippen molar-refractivity contribution in [3.8, 4) is 17.0 Å². The number of pyridine rings is 1. The van der Waals surface area contributed by atoms with Crippen molar-refractivity contribution in [3.63, 3.8) is 0 Å². The summed E-state index contributed by atoms with van der Waals surface area (Å²) >= 11 is 0. The molecular weight excluding hydrogens is 414 g/mol. The molecule has 3 heterocycles. The first kappa shape index (κ1) is 21.2. The van der Waals surface area contributed by atoms with Crippen molar-refractivity contribution in [2.45, 2.75) is 6.42 Å². The second kappa shape index (κ2) is 9.83. The highest BCUT2D eigenvalue weighted by molar-refractivity contribution is 5.98. The van der Waals surface area contributed by atoms with Gasteiger partial charge in [-0.05, 0) is 47.9 Å². The van der Waals surface area contributed by atoms with Crippen LogP contribution in [0.1, 0.15) is 5.69 Å². The molecule has 0 atom stereocenters. The van der Waals surface area contributed by atoms with Gasteiger partial charge in [-0.15, -0.1) is 0 Å². The molecule has 1 fully saturated rings. The molecule has 0 bridgehead atoms. The molecule has 7 nitrogen and oxygen atoms in total. The molecule has 0 amide bonds. The van der Waals surface area contributed by atoms with Crippen LogP contribution < -0.4 is 15.0 Å². The van der Waals surface area contributed by atoms with Gasteiger partial charge < -0.3 is 19.7 Å². The van der Waals surface area contributed by atoms with Gasteiger partial charge in [0.15, 0.2) is 0 Å². The number of hydrogen-bond acceptors (Lipinski definition) is 7. The number of fused-ring (bicyclic) bond motifs is 1. The van der Waals surface area contributed by atoms with Crippen molar-refractivity contribution >= 4 is 22.4 Å². The van der Waals surface area contributed by atoms with Crippen molar-refractivity contribution in [1.29, 1.82) is 0 Å². The van der Waals surface area contributed by atoms with Crippen molar-refractivity contribution < 1.29 is 9.47 Å². The van der Waals surface area contributed by atoms with E-state index in [0.717, 1.165) is 67.4 Å². The minimum Gasteiger partial charge on any atom is -0.497 e. The lowest BCUT2D eigenvalue weighted by Crippen LogP contribution is -2.36. The minimum atomic E-state index is 0.617. The van der Waals surface area contributed by atoms with Gasteiger partial charge in [-0.2, -0.15) is 0 Å². The van der Waals surface area contributed by atoms with E-state index in [9.17, 15) is 0 Å². The van der Waals surface area contributed by atoms with Crippen LogP contribution in [0.25, 0.3) is 22.0 Å². The Morgan fingerprint density at radius 2 is 1.91 bits per heavy atom. The maximum atomic E-state index is 5.58. The van der Waals surface area contributed by atoms with Gasteiger partial charge >= 0.3 is 0 Å². The van der Waals surface area contributed by atoms with E-state index < -0.39 is 0 Å². The lowest BCUT2D eigenvalue weighted by atomic mass is 10.0. The first-order valence-electron chi connectivity index (χ1n) is 11.2. The Balaban J connectivity index is 1.44. The summed E-state index contributed by atoms with van der Waals surface area (Å²) in [7, 11) is 1.70. The molecule has 0 radical (unpaired) electrons. The van der Waals surface area contributed by atoms with Gasteiger partial charge in [-0.25, -0.2) is 9.97 Å². The highest BCUT2D eigenvalue weighted by Gasteiger charge is 2.17. The molecule has 2 aromatic carbocycles. The zero-order chi connectivity index (χ0) is 22.5. The molecule has 1 aliphatic heterocycles. The first-order valence-corrected chi connectivity index (χ1v) is 11.2. The number of ether oxygens (including phenoxy) is 2. The fourth-order valence-electron chi connectivity index (χ4n) is 4.11. The van der Waals surface area contributed by atoms with E-state index in [1.54, 1.807) is 13.3 Å². The molecule has 2 aromatic heterocycles. The van der Waals surface area contributed by atoms with E-state index >= 15 is 0 Å². The summed E-state index contributed by atoms with van der Waals surface area (Å²) in [5, 5.41) is 5.65. The van der Waals surface area contributed by atoms with Gasteiger partial charge in [0.1, 0.15) is 5.75 Å². The Bertz CT molecular complexity index is 1230. The van der Waals surface area contributed by atoms with E-state index in [2.05, 4.69) is 44.5 Å². The molecule has 0 aliphatic carbocycles. The average molecular weight is 442 g/mol. The Kier molecular flexibility index (Phi) is 6.30. The molecule has 4 aromatic rings. The number of aromatic nitrogens is 3. The predicted octanol–water partition coefficient (Wildman–Crippen LogP) is 4.19. The summed E-state index contributed by atoms with van der Waals surface area (Å²) < 4.78 is 11.1. The maximum Gasteiger partial charge on any atom is 0.223 e. The van der Waals surface area contributed by atoms with Crippen LogP contribution in [0.5, 0.6) is 5.75 Å². The lowest BCUT2D eigenvalue weighted by Gasteiger charge is -2.30. The number of methoxy groups -OCH3 is 1. The summed E-state index contributed by atoms with van der Waals surface area (Å²) in [6, 6.07) is 18.5. The van der Waals surface area contributed by atoms with Crippen LogP contribution in [-0.4, -0.2) is 54.9 Å². The topological polar surface area (TPSA) is 72.4 Å². The quantitative estimate of drug-likeness (QED) is 0.461. The van der Waals surface area contributed by atoms with Crippen LogP contribution >= 0.6 is 0 Å². The Labute approximate surface area is 193 Å². The van der Waals surface area contributed by atoms with Crippen molar-refractivity contribution in [2.24, 2.45) is 0 Å². The smallest absolute Gasteiger partial charge is 0.223 e. The molecule has 33 heavy (non-hydrogen) atoms. The largest absolute Gasteiger partial charge is 0.497 e. The van der Waals surface area contributed by atoms with E-state index in [-0.39, 0.29) is 0 Å². The Morgan fingerprint density at radius 1 is 1.00 bits per heavy atom. The fourth-order valence-corrected chi connectivity index (χ4v) is 4.11. The summed E-state index contributed by atoms with van der Waals surface area (Å²) in [6.07, 6.45) is 4.43. The number of morpholine rings is 1. The van der Waals surface area contributed by atoms with Crippen LogP contribution in [0.15, 0.2) is 67.0 Å². The molecule has 0 spiro atoms. The van der Waals surface area contributed by atoms with E-state index in [4.69, 9.17) is 14.5 Å². The second-order valence-electron chi connectivity index (χ2n) is 7.95. The Hall–Kier alpha value is -3.71. The molecule has 1 saturated heterocycles. The van der Waals surface area contributed by atoms with Crippen molar-refractivity contribution in [2.75, 3.05) is 50.2 Å². The van der Waals surface area contributed by atoms with Gasteiger partial charge in [-0.1, -0.05) is 12.1 Å². The van der Waals surface area contributed by atoms with Crippen LogP contribution in [0.4, 0.5) is 11.6 Å². The first-order chi connectivity index (χ1) is 16.3. The van der Waals surface area contributed by atoms with Gasteiger partial charge in [0.05, 0.1) is 26.0 Å². The SMILES string of the molecule is COc1ccc2cc(-c3ccnc(NCCc4ccccn4)n3)cc(N3CCOCC3)c2c1. The number of rotatable bonds is 7. The highest BCUT2D eigenvalue weighted by atomic mass is 16.5. The third-order valence-electron chi connectivity index (χ3n) is 5.83. The molecule has 0 saturated carbocycles. The summed E-state index contributed by atoms with van der Waals surface area (Å²) in [5.41, 5.74) is 4.16. The third-order valence-corrected chi connectivity index (χ3v) is 5.83. The zero-order valence-corrected chi connectivity index (χ0v) is 18.7. The molecule has 5 rings (SSSR count). The Morgan fingerprint density at radius 3 is 2.73 bits per heavy atom. The molecule has 168 valence electrons. The lowest BCUT2D eigenvalue weighted by molar-refractivity contribution is 0.123. The maximum absolute atomic E-state index is 5.58.